The van der Waals surface area contributed by atoms with E-state index in [1.807, 2.05) is 0 Å². The highest BCUT2D eigenvalue weighted by molar-refractivity contribution is 6.31. The molecule has 0 saturated carbocycles. The van der Waals surface area contributed by atoms with Crippen LogP contribution in [0.25, 0.3) is 0 Å². The summed E-state index contributed by atoms with van der Waals surface area (Å²) in [5.41, 5.74) is 8.00. The van der Waals surface area contributed by atoms with E-state index in [0.29, 0.717) is 18.7 Å². The lowest BCUT2D eigenvalue weighted by atomic mass is 10.0. The smallest absolute Gasteiger partial charge is 0.253 e. The molecule has 2 atom stereocenters. The minimum atomic E-state index is -0.529. The SMILES string of the molecule is O=C(c1ccc(F)c(Cl)c1)N1CCN(C2CC(c3ccc(F)cc3)NN2)CC1. The molecule has 5 nitrogen and oxygen atoms in total. The van der Waals surface area contributed by atoms with Gasteiger partial charge in [-0.2, -0.15) is 0 Å². The summed E-state index contributed by atoms with van der Waals surface area (Å²) in [5.74, 6) is -0.906. The quantitative estimate of drug-likeness (QED) is 0.822. The molecule has 0 radical (unpaired) electrons. The number of carbonyl (C=O) groups excluding carboxylic acids is 1. The molecule has 2 unspecified atom stereocenters. The number of hydrogen-bond donors (Lipinski definition) is 2. The monoisotopic (exact) mass is 406 g/mol. The zero-order valence-electron chi connectivity index (χ0n) is 15.2. The van der Waals surface area contributed by atoms with E-state index in [0.717, 1.165) is 25.1 Å². The molecule has 8 heteroatoms. The molecule has 148 valence electrons. The Morgan fingerprint density at radius 2 is 1.71 bits per heavy atom. The first-order valence-electron chi connectivity index (χ1n) is 9.26. The number of nitrogens with one attached hydrogen (secondary N) is 2. The highest BCUT2D eigenvalue weighted by Gasteiger charge is 2.32. The Hall–Kier alpha value is -2.06. The number of hydrazine groups is 1. The third-order valence-corrected chi connectivity index (χ3v) is 5.65. The Kier molecular flexibility index (Phi) is 5.59. The molecule has 0 aromatic heterocycles. The Balaban J connectivity index is 1.32. The van der Waals surface area contributed by atoms with Gasteiger partial charge >= 0.3 is 0 Å². The van der Waals surface area contributed by atoms with Gasteiger partial charge in [-0.15, -0.1) is 0 Å². The second-order valence-electron chi connectivity index (χ2n) is 7.10. The first kappa shape index (κ1) is 19.3. The normalized spacial score (nSPS) is 23.2. The van der Waals surface area contributed by atoms with E-state index in [1.165, 1.54) is 30.3 Å². The summed E-state index contributed by atoms with van der Waals surface area (Å²) >= 11 is 5.79. The molecule has 2 fully saturated rings. The lowest BCUT2D eigenvalue weighted by Gasteiger charge is -2.37. The van der Waals surface area contributed by atoms with Crippen molar-refractivity contribution in [2.24, 2.45) is 0 Å². The Labute approximate surface area is 167 Å². The van der Waals surface area contributed by atoms with Crippen LogP contribution in [0, 0.1) is 11.6 Å². The van der Waals surface area contributed by atoms with Crippen molar-refractivity contribution in [2.45, 2.75) is 18.6 Å². The van der Waals surface area contributed by atoms with Crippen molar-refractivity contribution >= 4 is 17.5 Å². The van der Waals surface area contributed by atoms with Crippen LogP contribution in [0.5, 0.6) is 0 Å². The largest absolute Gasteiger partial charge is 0.336 e. The highest BCUT2D eigenvalue weighted by atomic mass is 35.5. The Bertz CT molecular complexity index is 856. The number of benzene rings is 2. The predicted molar refractivity (Wildman–Crippen MR) is 103 cm³/mol. The molecule has 0 bridgehead atoms. The van der Waals surface area contributed by atoms with Crippen LogP contribution in [0.3, 0.4) is 0 Å². The van der Waals surface area contributed by atoms with Crippen LogP contribution in [-0.4, -0.2) is 48.1 Å². The summed E-state index contributed by atoms with van der Waals surface area (Å²) in [6.45, 7) is 2.65. The molecule has 2 aliphatic heterocycles. The van der Waals surface area contributed by atoms with Gasteiger partial charge in [0.2, 0.25) is 0 Å². The van der Waals surface area contributed by atoms with Crippen molar-refractivity contribution in [3.63, 3.8) is 0 Å². The van der Waals surface area contributed by atoms with E-state index in [-0.39, 0.29) is 29.0 Å². The number of nitrogens with zero attached hydrogens (tertiary/aromatic N) is 2. The molecular formula is C20H21ClF2N4O. The van der Waals surface area contributed by atoms with E-state index in [1.54, 1.807) is 17.0 Å². The number of piperazine rings is 1. The lowest BCUT2D eigenvalue weighted by Crippen LogP contribution is -2.55. The second-order valence-corrected chi connectivity index (χ2v) is 7.51. The van der Waals surface area contributed by atoms with Gasteiger partial charge in [0.1, 0.15) is 11.6 Å². The average molecular weight is 407 g/mol. The van der Waals surface area contributed by atoms with Crippen molar-refractivity contribution in [3.8, 4) is 0 Å². The number of amides is 1. The van der Waals surface area contributed by atoms with Gasteiger partial charge in [-0.25, -0.2) is 19.6 Å². The van der Waals surface area contributed by atoms with Gasteiger partial charge in [-0.3, -0.25) is 9.69 Å². The Morgan fingerprint density at radius 1 is 1.00 bits per heavy atom. The van der Waals surface area contributed by atoms with E-state index in [9.17, 15) is 13.6 Å². The van der Waals surface area contributed by atoms with Crippen molar-refractivity contribution in [1.29, 1.82) is 0 Å². The molecule has 1 amide bonds. The zero-order chi connectivity index (χ0) is 19.7. The summed E-state index contributed by atoms with van der Waals surface area (Å²) in [4.78, 5) is 16.7. The minimum Gasteiger partial charge on any atom is -0.336 e. The van der Waals surface area contributed by atoms with Crippen LogP contribution < -0.4 is 10.9 Å². The predicted octanol–water partition coefficient (Wildman–Crippen LogP) is 2.94. The molecule has 2 saturated heterocycles. The summed E-state index contributed by atoms with van der Waals surface area (Å²) in [5, 5.41) is -0.0439. The third-order valence-electron chi connectivity index (χ3n) is 5.36. The van der Waals surface area contributed by atoms with Gasteiger partial charge in [0.25, 0.3) is 5.91 Å². The molecular weight excluding hydrogens is 386 g/mol. The summed E-state index contributed by atoms with van der Waals surface area (Å²) in [6, 6.07) is 10.7. The fraction of sp³-hybridized carbons (Fsp3) is 0.350. The molecule has 2 aromatic rings. The number of hydrogen-bond acceptors (Lipinski definition) is 4. The first-order chi connectivity index (χ1) is 13.5. The van der Waals surface area contributed by atoms with Crippen LogP contribution in [0.2, 0.25) is 5.02 Å². The van der Waals surface area contributed by atoms with Crippen LogP contribution in [0.1, 0.15) is 28.4 Å². The van der Waals surface area contributed by atoms with Crippen molar-refractivity contribution in [1.82, 2.24) is 20.7 Å². The lowest BCUT2D eigenvalue weighted by molar-refractivity contribution is 0.0545. The van der Waals surface area contributed by atoms with Gasteiger partial charge in [-0.05, 0) is 42.3 Å². The van der Waals surface area contributed by atoms with Gasteiger partial charge < -0.3 is 4.90 Å². The molecule has 28 heavy (non-hydrogen) atoms. The molecule has 0 aliphatic carbocycles. The van der Waals surface area contributed by atoms with Crippen molar-refractivity contribution in [2.75, 3.05) is 26.2 Å². The van der Waals surface area contributed by atoms with Gasteiger partial charge in [0, 0.05) is 37.8 Å². The number of carbonyl (C=O) groups is 1. The maximum Gasteiger partial charge on any atom is 0.253 e. The van der Waals surface area contributed by atoms with Crippen molar-refractivity contribution in [3.05, 3.63) is 70.2 Å². The van der Waals surface area contributed by atoms with Crippen LogP contribution >= 0.6 is 11.6 Å². The first-order valence-corrected chi connectivity index (χ1v) is 9.64. The third kappa shape index (κ3) is 4.03. The van der Waals surface area contributed by atoms with Gasteiger partial charge in [-0.1, -0.05) is 23.7 Å². The molecule has 2 heterocycles. The Morgan fingerprint density at radius 3 is 2.39 bits per heavy atom. The fourth-order valence-electron chi connectivity index (χ4n) is 3.74. The van der Waals surface area contributed by atoms with Gasteiger partial charge in [0.15, 0.2) is 0 Å². The van der Waals surface area contributed by atoms with Gasteiger partial charge in [0.05, 0.1) is 11.2 Å². The minimum absolute atomic E-state index is 0.0439. The maximum absolute atomic E-state index is 13.3. The molecule has 2 N–H and O–H groups in total. The number of rotatable bonds is 3. The fourth-order valence-corrected chi connectivity index (χ4v) is 3.92. The summed E-state index contributed by atoms with van der Waals surface area (Å²) in [7, 11) is 0. The maximum atomic E-state index is 13.3. The van der Waals surface area contributed by atoms with Crippen LogP contribution in [0.15, 0.2) is 42.5 Å². The highest BCUT2D eigenvalue weighted by Crippen LogP contribution is 2.25. The molecule has 2 aliphatic rings. The summed E-state index contributed by atoms with van der Waals surface area (Å²) < 4.78 is 26.4. The standard InChI is InChI=1S/C20H21ClF2N4O/c21-16-11-14(3-6-17(16)23)20(28)27-9-7-26(8-10-27)19-12-18(24-25-19)13-1-4-15(22)5-2-13/h1-6,11,18-19,24-25H,7-10,12H2. The molecule has 0 spiro atoms. The average Bonchev–Trinajstić information content (AvgIpc) is 3.20. The van der Waals surface area contributed by atoms with E-state index < -0.39 is 5.82 Å². The zero-order valence-corrected chi connectivity index (χ0v) is 15.9. The van der Waals surface area contributed by atoms with Crippen LogP contribution in [0.4, 0.5) is 8.78 Å². The van der Waals surface area contributed by atoms with E-state index in [4.69, 9.17) is 11.6 Å². The molecule has 2 aromatic carbocycles. The van der Waals surface area contributed by atoms with Crippen LogP contribution in [-0.2, 0) is 0 Å². The molecule has 4 rings (SSSR count). The summed E-state index contributed by atoms with van der Waals surface area (Å²) in [6.07, 6.45) is 1.00. The van der Waals surface area contributed by atoms with E-state index >= 15 is 0 Å². The van der Waals surface area contributed by atoms with E-state index in [2.05, 4.69) is 15.8 Å². The second kappa shape index (κ2) is 8.13. The topological polar surface area (TPSA) is 47.6 Å². The van der Waals surface area contributed by atoms with Crippen molar-refractivity contribution < 1.29 is 13.6 Å². The number of halogens is 3.